The quantitative estimate of drug-likeness (QED) is 0.453. The molecule has 0 bridgehead atoms. The number of carbonyl (C=O) groups is 1. The monoisotopic (exact) mass is 334 g/mol. The summed E-state index contributed by atoms with van der Waals surface area (Å²) in [5.74, 6) is 0.795. The molecule has 1 amide bonds. The Hall–Kier alpha value is -1.53. The number of ether oxygens (including phenoxy) is 1. The predicted octanol–water partition coefficient (Wildman–Crippen LogP) is 3.49. The van der Waals surface area contributed by atoms with Crippen LogP contribution >= 0.6 is 23.2 Å². The Labute approximate surface area is 132 Å². The van der Waals surface area contributed by atoms with Crippen molar-refractivity contribution in [1.82, 2.24) is 4.90 Å². The predicted molar refractivity (Wildman–Crippen MR) is 81.6 cm³/mol. The van der Waals surface area contributed by atoms with E-state index < -0.39 is 11.0 Å². The van der Waals surface area contributed by atoms with Crippen molar-refractivity contribution in [2.75, 3.05) is 24.8 Å². The fourth-order valence-corrected chi connectivity index (χ4v) is 2.33. The van der Waals surface area contributed by atoms with E-state index in [9.17, 15) is 14.9 Å². The zero-order valence-corrected chi connectivity index (χ0v) is 13.3. The van der Waals surface area contributed by atoms with Gasteiger partial charge in [-0.05, 0) is 26.0 Å². The van der Waals surface area contributed by atoms with Crippen LogP contribution in [0.2, 0.25) is 0 Å². The van der Waals surface area contributed by atoms with Crippen LogP contribution in [0, 0.1) is 24.0 Å². The van der Waals surface area contributed by atoms with Gasteiger partial charge in [0.2, 0.25) is 0 Å². The van der Waals surface area contributed by atoms with Crippen molar-refractivity contribution in [2.45, 2.75) is 13.8 Å². The summed E-state index contributed by atoms with van der Waals surface area (Å²) in [5, 5.41) is 10.9. The van der Waals surface area contributed by atoms with Gasteiger partial charge in [-0.15, -0.1) is 23.2 Å². The maximum Gasteiger partial charge on any atom is 0.415 e. The number of benzene rings is 1. The van der Waals surface area contributed by atoms with E-state index in [-0.39, 0.29) is 23.2 Å². The number of rotatable bonds is 6. The molecule has 0 aromatic heterocycles. The third-order valence-electron chi connectivity index (χ3n) is 2.82. The van der Waals surface area contributed by atoms with Gasteiger partial charge in [-0.3, -0.25) is 10.1 Å². The molecule has 6 nitrogen and oxygen atoms in total. The molecule has 0 fully saturated rings. The van der Waals surface area contributed by atoms with E-state index in [0.29, 0.717) is 24.2 Å². The number of hydrogen-bond acceptors (Lipinski definition) is 4. The van der Waals surface area contributed by atoms with Crippen LogP contribution < -0.4 is 4.74 Å². The molecule has 116 valence electrons. The molecule has 0 saturated carbocycles. The highest BCUT2D eigenvalue weighted by Crippen LogP contribution is 2.28. The average Bonchev–Trinajstić information content (AvgIpc) is 2.36. The fraction of sp³-hybridized carbons (Fsp3) is 0.462. The summed E-state index contributed by atoms with van der Waals surface area (Å²) in [6.07, 6.45) is -0.580. The lowest BCUT2D eigenvalue weighted by Gasteiger charge is -2.20. The number of halogens is 2. The number of nitro benzene ring substituents is 1. The van der Waals surface area contributed by atoms with Crippen molar-refractivity contribution >= 4 is 35.0 Å². The number of carbonyl (C=O) groups excluding carboxylic acids is 1. The largest absolute Gasteiger partial charge is 0.415 e. The van der Waals surface area contributed by atoms with E-state index in [0.717, 1.165) is 0 Å². The second kappa shape index (κ2) is 8.05. The van der Waals surface area contributed by atoms with Gasteiger partial charge in [0.25, 0.3) is 5.69 Å². The molecule has 1 aromatic carbocycles. The molecule has 1 aromatic rings. The van der Waals surface area contributed by atoms with Gasteiger partial charge in [0.05, 0.1) is 4.92 Å². The number of nitrogens with zero attached hydrogens (tertiary/aromatic N) is 2. The zero-order chi connectivity index (χ0) is 16.0. The molecule has 0 heterocycles. The number of amides is 1. The number of nitro groups is 1. The first kappa shape index (κ1) is 17.5. The molecule has 0 spiro atoms. The van der Waals surface area contributed by atoms with E-state index in [4.69, 9.17) is 27.9 Å². The molecule has 0 aliphatic carbocycles. The highest BCUT2D eigenvalue weighted by Gasteiger charge is 2.19. The van der Waals surface area contributed by atoms with Gasteiger partial charge < -0.3 is 9.64 Å². The second-order valence-electron chi connectivity index (χ2n) is 4.40. The van der Waals surface area contributed by atoms with Crippen LogP contribution in [0.1, 0.15) is 11.1 Å². The second-order valence-corrected chi connectivity index (χ2v) is 5.15. The average molecular weight is 335 g/mol. The molecule has 0 atom stereocenters. The first-order valence-corrected chi connectivity index (χ1v) is 7.32. The summed E-state index contributed by atoms with van der Waals surface area (Å²) >= 11 is 11.2. The van der Waals surface area contributed by atoms with E-state index in [1.807, 2.05) is 0 Å². The summed E-state index contributed by atoms with van der Waals surface area (Å²) < 4.78 is 5.23. The van der Waals surface area contributed by atoms with E-state index >= 15 is 0 Å². The van der Waals surface area contributed by atoms with Crippen LogP contribution in [0.4, 0.5) is 10.5 Å². The number of hydrogen-bond donors (Lipinski definition) is 0. The molecular formula is C13H16Cl2N2O4. The normalized spacial score (nSPS) is 10.3. The van der Waals surface area contributed by atoms with Gasteiger partial charge in [0.15, 0.2) is 0 Å². The van der Waals surface area contributed by atoms with Gasteiger partial charge in [0, 0.05) is 36.0 Å². The summed E-state index contributed by atoms with van der Waals surface area (Å²) in [5.41, 5.74) is 0.890. The Balaban J connectivity index is 2.92. The molecule has 0 radical (unpaired) electrons. The minimum atomic E-state index is -0.580. The van der Waals surface area contributed by atoms with Crippen LogP contribution in [-0.4, -0.2) is 40.8 Å². The lowest BCUT2D eigenvalue weighted by Crippen LogP contribution is -2.36. The van der Waals surface area contributed by atoms with Crippen LogP contribution in [0.5, 0.6) is 5.75 Å². The Morgan fingerprint density at radius 1 is 1.24 bits per heavy atom. The molecule has 1 rings (SSSR count). The Kier molecular flexibility index (Phi) is 6.71. The number of alkyl halides is 2. The van der Waals surface area contributed by atoms with E-state index in [1.165, 1.54) is 17.0 Å². The van der Waals surface area contributed by atoms with Gasteiger partial charge in [0.1, 0.15) is 5.75 Å². The first-order valence-electron chi connectivity index (χ1n) is 6.25. The third-order valence-corrected chi connectivity index (χ3v) is 3.16. The van der Waals surface area contributed by atoms with Crippen LogP contribution in [0.25, 0.3) is 0 Å². The Bertz CT molecular complexity index is 508. The summed E-state index contributed by atoms with van der Waals surface area (Å²) in [6.45, 7) is 3.83. The lowest BCUT2D eigenvalue weighted by atomic mass is 10.1. The van der Waals surface area contributed by atoms with Crippen LogP contribution in [0.3, 0.4) is 0 Å². The molecule has 0 N–H and O–H groups in total. The molecule has 0 aliphatic rings. The Morgan fingerprint density at radius 3 is 2.10 bits per heavy atom. The molecule has 0 unspecified atom stereocenters. The minimum Gasteiger partial charge on any atom is -0.410 e. The van der Waals surface area contributed by atoms with Crippen LogP contribution in [-0.2, 0) is 0 Å². The topological polar surface area (TPSA) is 72.7 Å². The van der Waals surface area contributed by atoms with Crippen molar-refractivity contribution in [1.29, 1.82) is 0 Å². The van der Waals surface area contributed by atoms with Crippen LogP contribution in [0.15, 0.2) is 12.1 Å². The summed E-state index contributed by atoms with van der Waals surface area (Å²) in [4.78, 5) is 23.8. The maximum absolute atomic E-state index is 12.0. The summed E-state index contributed by atoms with van der Waals surface area (Å²) in [6, 6.07) is 2.92. The number of aryl methyl sites for hydroxylation is 2. The van der Waals surface area contributed by atoms with Gasteiger partial charge >= 0.3 is 6.09 Å². The van der Waals surface area contributed by atoms with Crippen molar-refractivity contribution in [2.24, 2.45) is 0 Å². The van der Waals surface area contributed by atoms with Gasteiger partial charge in [-0.1, -0.05) is 0 Å². The van der Waals surface area contributed by atoms with Crippen molar-refractivity contribution in [3.05, 3.63) is 33.4 Å². The smallest absolute Gasteiger partial charge is 0.410 e. The Morgan fingerprint density at radius 2 is 1.71 bits per heavy atom. The molecule has 21 heavy (non-hydrogen) atoms. The maximum atomic E-state index is 12.0. The lowest BCUT2D eigenvalue weighted by molar-refractivity contribution is -0.386. The van der Waals surface area contributed by atoms with Crippen molar-refractivity contribution < 1.29 is 14.5 Å². The SMILES string of the molecule is Cc1cc(OC(=O)N(CCCl)CCCl)cc(C)c1[N+](=O)[O-]. The first-order chi connectivity index (χ1) is 9.90. The standard InChI is InChI=1S/C13H16Cl2N2O4/c1-9-7-11(8-10(2)12(9)17(19)20)21-13(18)16(5-3-14)6-4-15/h7-8H,3-6H2,1-2H3. The van der Waals surface area contributed by atoms with E-state index in [1.54, 1.807) is 13.8 Å². The molecular weight excluding hydrogens is 319 g/mol. The highest BCUT2D eigenvalue weighted by molar-refractivity contribution is 6.18. The fourth-order valence-electron chi connectivity index (χ4n) is 1.93. The van der Waals surface area contributed by atoms with Gasteiger partial charge in [-0.2, -0.15) is 0 Å². The van der Waals surface area contributed by atoms with Gasteiger partial charge in [-0.25, -0.2) is 4.79 Å². The van der Waals surface area contributed by atoms with E-state index in [2.05, 4.69) is 0 Å². The van der Waals surface area contributed by atoms with Crippen molar-refractivity contribution in [3.8, 4) is 5.75 Å². The molecule has 0 aliphatic heterocycles. The molecule has 8 heteroatoms. The summed E-state index contributed by atoms with van der Waals surface area (Å²) in [7, 11) is 0. The zero-order valence-electron chi connectivity index (χ0n) is 11.8. The third kappa shape index (κ3) is 4.75. The minimum absolute atomic E-state index is 0.0215. The molecule has 0 saturated heterocycles. The van der Waals surface area contributed by atoms with Crippen molar-refractivity contribution in [3.63, 3.8) is 0 Å². The highest BCUT2D eigenvalue weighted by atomic mass is 35.5.